The summed E-state index contributed by atoms with van der Waals surface area (Å²) >= 11 is 0. The Morgan fingerprint density at radius 2 is 1.72 bits per heavy atom. The molecule has 2 aromatic rings. The molecule has 29 heavy (non-hydrogen) atoms. The molecule has 1 aliphatic heterocycles. The smallest absolute Gasteiger partial charge is 0.312 e. The third-order valence-corrected chi connectivity index (χ3v) is 4.73. The summed E-state index contributed by atoms with van der Waals surface area (Å²) in [6, 6.07) is 9.29. The number of rotatable bonds is 5. The zero-order chi connectivity index (χ0) is 21.1. The Kier molecular flexibility index (Phi) is 5.91. The zero-order valence-electron chi connectivity index (χ0n) is 16.1. The quantitative estimate of drug-likeness (QED) is 0.784. The molecule has 0 unspecified atom stereocenters. The van der Waals surface area contributed by atoms with Crippen LogP contribution in [0.15, 0.2) is 42.5 Å². The third-order valence-electron chi connectivity index (χ3n) is 4.73. The van der Waals surface area contributed by atoms with Gasteiger partial charge in [-0.2, -0.15) is 0 Å². The van der Waals surface area contributed by atoms with E-state index in [-0.39, 0.29) is 23.8 Å². The Balaban J connectivity index is 1.63. The molecule has 3 rings (SSSR count). The molecule has 0 spiro atoms. The van der Waals surface area contributed by atoms with Gasteiger partial charge in [0.05, 0.1) is 5.69 Å². The van der Waals surface area contributed by atoms with Gasteiger partial charge < -0.3 is 15.1 Å². The van der Waals surface area contributed by atoms with E-state index in [1.807, 2.05) is 13.8 Å². The van der Waals surface area contributed by atoms with Crippen molar-refractivity contribution in [1.29, 1.82) is 0 Å². The molecular weight excluding hydrogens is 380 g/mol. The van der Waals surface area contributed by atoms with Crippen LogP contribution in [-0.4, -0.2) is 46.7 Å². The lowest BCUT2D eigenvalue weighted by atomic mass is 10.1. The fourth-order valence-electron chi connectivity index (χ4n) is 3.10. The van der Waals surface area contributed by atoms with E-state index in [0.717, 1.165) is 17.7 Å². The molecule has 8 heteroatoms. The largest absolute Gasteiger partial charge is 0.330 e. The molecule has 0 saturated carbocycles. The summed E-state index contributed by atoms with van der Waals surface area (Å²) in [4.78, 5) is 39.7. The summed E-state index contributed by atoms with van der Waals surface area (Å²) in [6.45, 7) is 4.90. The second-order valence-electron chi connectivity index (χ2n) is 7.09. The molecule has 2 aromatic carbocycles. The van der Waals surface area contributed by atoms with Crippen LogP contribution in [0.4, 0.5) is 14.5 Å². The number of nitrogens with zero attached hydrogens (tertiary/aromatic N) is 2. The Morgan fingerprint density at radius 3 is 2.34 bits per heavy atom. The number of carbonyl (C=O) groups is 3. The van der Waals surface area contributed by atoms with Crippen molar-refractivity contribution in [2.75, 3.05) is 18.4 Å². The number of piperazine rings is 1. The molecule has 0 aliphatic carbocycles. The number of hydrogen-bond donors (Lipinski definition) is 1. The predicted molar refractivity (Wildman–Crippen MR) is 103 cm³/mol. The van der Waals surface area contributed by atoms with Gasteiger partial charge in [-0.3, -0.25) is 14.4 Å². The van der Waals surface area contributed by atoms with Crippen LogP contribution in [0.3, 0.4) is 0 Å². The van der Waals surface area contributed by atoms with Crippen LogP contribution in [0, 0.1) is 11.6 Å². The molecule has 0 radical (unpaired) electrons. The summed E-state index contributed by atoms with van der Waals surface area (Å²) in [5.74, 6) is -3.19. The molecule has 6 nitrogen and oxygen atoms in total. The first kappa shape index (κ1) is 20.4. The van der Waals surface area contributed by atoms with Gasteiger partial charge in [-0.05, 0) is 43.7 Å². The molecule has 1 aliphatic rings. The van der Waals surface area contributed by atoms with Gasteiger partial charge in [0, 0.05) is 37.3 Å². The van der Waals surface area contributed by atoms with Gasteiger partial charge in [0.2, 0.25) is 0 Å². The maximum atomic E-state index is 13.7. The molecule has 1 N–H and O–H groups in total. The van der Waals surface area contributed by atoms with Crippen molar-refractivity contribution in [3.63, 3.8) is 0 Å². The van der Waals surface area contributed by atoms with E-state index in [1.54, 1.807) is 29.2 Å². The topological polar surface area (TPSA) is 69.7 Å². The number of nitrogens with one attached hydrogen (secondary N) is 1. The Morgan fingerprint density at radius 1 is 1.03 bits per heavy atom. The number of halogens is 2. The van der Waals surface area contributed by atoms with E-state index in [1.165, 1.54) is 4.90 Å². The third kappa shape index (κ3) is 4.59. The molecule has 152 valence electrons. The van der Waals surface area contributed by atoms with Crippen LogP contribution in [0.1, 0.15) is 29.8 Å². The number of hydrogen-bond acceptors (Lipinski definition) is 3. The monoisotopic (exact) mass is 401 g/mol. The van der Waals surface area contributed by atoms with Gasteiger partial charge in [0.15, 0.2) is 0 Å². The number of benzene rings is 2. The second kappa shape index (κ2) is 8.38. The maximum Gasteiger partial charge on any atom is 0.312 e. The summed E-state index contributed by atoms with van der Waals surface area (Å²) in [6.07, 6.45) is 0. The fraction of sp³-hybridized carbons (Fsp3) is 0.286. The highest BCUT2D eigenvalue weighted by Gasteiger charge is 2.33. The number of carbonyl (C=O) groups excluding carboxylic acids is 3. The minimum Gasteiger partial charge on any atom is -0.330 e. The lowest BCUT2D eigenvalue weighted by Crippen LogP contribution is -2.55. The summed E-state index contributed by atoms with van der Waals surface area (Å²) in [5, 5.41) is 2.39. The molecule has 0 bridgehead atoms. The summed E-state index contributed by atoms with van der Waals surface area (Å²) < 4.78 is 26.6. The van der Waals surface area contributed by atoms with E-state index < -0.39 is 29.4 Å². The maximum absolute atomic E-state index is 13.7. The highest BCUT2D eigenvalue weighted by atomic mass is 19.1. The van der Waals surface area contributed by atoms with Crippen molar-refractivity contribution in [2.24, 2.45) is 0 Å². The van der Waals surface area contributed by atoms with Crippen LogP contribution in [0.25, 0.3) is 0 Å². The fourth-order valence-corrected chi connectivity index (χ4v) is 3.10. The van der Waals surface area contributed by atoms with Gasteiger partial charge >= 0.3 is 11.8 Å². The highest BCUT2D eigenvalue weighted by Crippen LogP contribution is 2.17. The van der Waals surface area contributed by atoms with Crippen molar-refractivity contribution >= 4 is 23.4 Å². The van der Waals surface area contributed by atoms with Gasteiger partial charge in [-0.15, -0.1) is 0 Å². The molecule has 3 amide bonds. The van der Waals surface area contributed by atoms with Crippen molar-refractivity contribution in [3.8, 4) is 0 Å². The minimum absolute atomic E-state index is 0.0302. The van der Waals surface area contributed by atoms with Gasteiger partial charge in [-0.25, -0.2) is 8.78 Å². The first-order valence-electron chi connectivity index (χ1n) is 9.21. The van der Waals surface area contributed by atoms with Gasteiger partial charge in [-0.1, -0.05) is 12.1 Å². The van der Waals surface area contributed by atoms with Crippen LogP contribution in [0.5, 0.6) is 0 Å². The zero-order valence-corrected chi connectivity index (χ0v) is 16.1. The van der Waals surface area contributed by atoms with E-state index in [9.17, 15) is 23.2 Å². The van der Waals surface area contributed by atoms with Crippen LogP contribution in [-0.2, 0) is 16.1 Å². The molecule has 0 atom stereocenters. The first-order valence-corrected chi connectivity index (χ1v) is 9.21. The SMILES string of the molecule is CC(C)N1CCN(Cc2ccc(C(=O)Nc3ccc(F)cc3F)cc2)C(=O)C1=O. The van der Waals surface area contributed by atoms with Crippen LogP contribution < -0.4 is 5.32 Å². The van der Waals surface area contributed by atoms with Crippen molar-refractivity contribution in [1.82, 2.24) is 9.80 Å². The van der Waals surface area contributed by atoms with Crippen molar-refractivity contribution in [3.05, 3.63) is 65.2 Å². The average Bonchev–Trinajstić information content (AvgIpc) is 2.68. The molecular formula is C21H21F2N3O3. The van der Waals surface area contributed by atoms with E-state index in [4.69, 9.17) is 0 Å². The Labute approximate surface area is 167 Å². The summed E-state index contributed by atoms with van der Waals surface area (Å²) in [7, 11) is 0. The first-order chi connectivity index (χ1) is 13.8. The van der Waals surface area contributed by atoms with Crippen molar-refractivity contribution < 1.29 is 23.2 Å². The number of amides is 3. The molecule has 1 fully saturated rings. The van der Waals surface area contributed by atoms with Gasteiger partial charge in [0.1, 0.15) is 11.6 Å². The second-order valence-corrected chi connectivity index (χ2v) is 7.09. The Bertz CT molecular complexity index is 945. The molecule has 1 heterocycles. The molecule has 1 saturated heterocycles. The summed E-state index contributed by atoms with van der Waals surface area (Å²) in [5.41, 5.74) is 0.922. The predicted octanol–water partition coefficient (Wildman–Crippen LogP) is 2.80. The highest BCUT2D eigenvalue weighted by molar-refractivity contribution is 6.35. The van der Waals surface area contributed by atoms with E-state index in [0.29, 0.717) is 19.2 Å². The Hall–Kier alpha value is -3.29. The van der Waals surface area contributed by atoms with Crippen LogP contribution >= 0.6 is 0 Å². The van der Waals surface area contributed by atoms with E-state index in [2.05, 4.69) is 5.32 Å². The number of anilines is 1. The standard InChI is InChI=1S/C21H21F2N3O3/c1-13(2)26-10-9-25(20(28)21(26)29)12-14-3-5-15(6-4-14)19(27)24-18-8-7-16(22)11-17(18)23/h3-8,11,13H,9-10,12H2,1-2H3,(H,24,27). The lowest BCUT2D eigenvalue weighted by Gasteiger charge is -2.36. The lowest BCUT2D eigenvalue weighted by molar-refractivity contribution is -0.157. The average molecular weight is 401 g/mol. The van der Waals surface area contributed by atoms with Crippen LogP contribution in [0.2, 0.25) is 0 Å². The normalized spacial score (nSPS) is 14.5. The van der Waals surface area contributed by atoms with Gasteiger partial charge in [0.25, 0.3) is 5.91 Å². The van der Waals surface area contributed by atoms with E-state index >= 15 is 0 Å². The molecule has 0 aromatic heterocycles. The minimum atomic E-state index is -0.862. The van der Waals surface area contributed by atoms with Crippen molar-refractivity contribution in [2.45, 2.75) is 26.4 Å².